The molecule has 0 atom stereocenters. The number of carbonyl (C=O) groups excluding carboxylic acids is 1. The largest absolute Gasteiger partial charge is 0.495 e. The first kappa shape index (κ1) is 20.1. The fourth-order valence-electron chi connectivity index (χ4n) is 2.13. The summed E-state index contributed by atoms with van der Waals surface area (Å²) in [6.45, 7) is 4.54. The van der Waals surface area contributed by atoms with Gasteiger partial charge in [-0.05, 0) is 48.4 Å². The Balaban J connectivity index is 2.14. The smallest absolute Gasteiger partial charge is 0.261 e. The fraction of sp³-hybridized carbons (Fsp3) is 0.278. The van der Waals surface area contributed by atoms with Crippen LogP contribution >= 0.6 is 11.6 Å². The second-order valence-corrected chi connectivity index (χ2v) is 8.17. The molecule has 0 fully saturated rings. The number of sulfonamides is 1. The summed E-state index contributed by atoms with van der Waals surface area (Å²) in [5.74, 6) is 0.544. The first-order valence-corrected chi connectivity index (χ1v) is 9.83. The lowest BCUT2D eigenvalue weighted by molar-refractivity contribution is 0.0949. The summed E-state index contributed by atoms with van der Waals surface area (Å²) in [4.78, 5) is 12.0. The van der Waals surface area contributed by atoms with Crippen LogP contribution in [-0.4, -0.2) is 28.0 Å². The highest BCUT2D eigenvalue weighted by atomic mass is 35.5. The van der Waals surface area contributed by atoms with Crippen molar-refractivity contribution in [1.82, 2.24) is 5.32 Å². The third kappa shape index (κ3) is 5.12. The number of ether oxygens (including phenoxy) is 1. The third-order valence-electron chi connectivity index (χ3n) is 3.50. The second-order valence-electron chi connectivity index (χ2n) is 6.08. The van der Waals surface area contributed by atoms with Gasteiger partial charge in [0.25, 0.3) is 15.9 Å². The number of anilines is 1. The Bertz CT molecular complexity index is 881. The van der Waals surface area contributed by atoms with E-state index in [9.17, 15) is 13.2 Å². The summed E-state index contributed by atoms with van der Waals surface area (Å²) < 4.78 is 32.4. The molecule has 0 unspecified atom stereocenters. The first-order valence-electron chi connectivity index (χ1n) is 7.97. The zero-order valence-corrected chi connectivity index (χ0v) is 16.3. The Kier molecular flexibility index (Phi) is 6.50. The van der Waals surface area contributed by atoms with E-state index < -0.39 is 10.0 Å². The number of hydrogen-bond donors (Lipinski definition) is 2. The van der Waals surface area contributed by atoms with E-state index >= 15 is 0 Å². The minimum absolute atomic E-state index is 0.0462. The number of methoxy groups -OCH3 is 1. The SMILES string of the molecule is COc1ccc(NS(=O)(=O)c2ccc(C(=O)NCC(C)C)cc2)cc1Cl. The molecule has 0 spiro atoms. The van der Waals surface area contributed by atoms with Crippen LogP contribution in [0.5, 0.6) is 5.75 Å². The van der Waals surface area contributed by atoms with Crippen LogP contribution in [0.15, 0.2) is 47.4 Å². The number of rotatable bonds is 7. The van der Waals surface area contributed by atoms with Crippen LogP contribution < -0.4 is 14.8 Å². The molecule has 1 amide bonds. The predicted octanol–water partition coefficient (Wildman–Crippen LogP) is 3.54. The van der Waals surface area contributed by atoms with E-state index in [-0.39, 0.29) is 10.8 Å². The van der Waals surface area contributed by atoms with Crippen LogP contribution in [0.3, 0.4) is 0 Å². The van der Waals surface area contributed by atoms with Gasteiger partial charge in [-0.15, -0.1) is 0 Å². The summed E-state index contributed by atoms with van der Waals surface area (Å²) in [5, 5.41) is 3.08. The first-order chi connectivity index (χ1) is 12.2. The van der Waals surface area contributed by atoms with Gasteiger partial charge in [-0.25, -0.2) is 8.42 Å². The van der Waals surface area contributed by atoms with Crippen molar-refractivity contribution < 1.29 is 17.9 Å². The lowest BCUT2D eigenvalue weighted by atomic mass is 10.2. The standard InChI is InChI=1S/C18H21ClN2O4S/c1-12(2)11-20-18(22)13-4-7-15(8-5-13)26(23,24)21-14-6-9-17(25-3)16(19)10-14/h4-10,12,21H,11H2,1-3H3,(H,20,22). The molecule has 0 saturated carbocycles. The molecule has 0 aliphatic carbocycles. The van der Waals surface area contributed by atoms with Crippen molar-refractivity contribution in [3.63, 3.8) is 0 Å². The molecule has 140 valence electrons. The van der Waals surface area contributed by atoms with Crippen molar-refractivity contribution in [2.45, 2.75) is 18.7 Å². The van der Waals surface area contributed by atoms with Gasteiger partial charge in [0.2, 0.25) is 0 Å². The summed E-state index contributed by atoms with van der Waals surface area (Å²) >= 11 is 6.01. The summed E-state index contributed by atoms with van der Waals surface area (Å²) in [7, 11) is -2.32. The molecule has 2 aromatic rings. The summed E-state index contributed by atoms with van der Waals surface area (Å²) in [5.41, 5.74) is 0.714. The van der Waals surface area contributed by atoms with E-state index in [4.69, 9.17) is 16.3 Å². The summed E-state index contributed by atoms with van der Waals surface area (Å²) in [6.07, 6.45) is 0. The van der Waals surface area contributed by atoms with Crippen LogP contribution in [-0.2, 0) is 10.0 Å². The van der Waals surface area contributed by atoms with Crippen molar-refractivity contribution in [1.29, 1.82) is 0 Å². The van der Waals surface area contributed by atoms with Crippen LogP contribution in [0.1, 0.15) is 24.2 Å². The Labute approximate surface area is 158 Å². The highest BCUT2D eigenvalue weighted by molar-refractivity contribution is 7.92. The highest BCUT2D eigenvalue weighted by Crippen LogP contribution is 2.28. The lowest BCUT2D eigenvalue weighted by Crippen LogP contribution is -2.27. The maximum Gasteiger partial charge on any atom is 0.261 e. The van der Waals surface area contributed by atoms with E-state index in [1.165, 1.54) is 37.4 Å². The maximum absolute atomic E-state index is 12.5. The van der Waals surface area contributed by atoms with E-state index in [0.717, 1.165) is 0 Å². The van der Waals surface area contributed by atoms with Gasteiger partial charge in [0.1, 0.15) is 5.75 Å². The molecule has 0 radical (unpaired) electrons. The lowest BCUT2D eigenvalue weighted by Gasteiger charge is -2.11. The van der Waals surface area contributed by atoms with Gasteiger partial charge in [0, 0.05) is 12.1 Å². The molecule has 2 rings (SSSR count). The van der Waals surface area contributed by atoms with Crippen LogP contribution in [0.2, 0.25) is 5.02 Å². The van der Waals surface area contributed by atoms with Crippen molar-refractivity contribution in [2.24, 2.45) is 5.92 Å². The van der Waals surface area contributed by atoms with Gasteiger partial charge >= 0.3 is 0 Å². The number of amides is 1. The molecule has 0 aliphatic heterocycles. The number of halogens is 1. The van der Waals surface area contributed by atoms with Gasteiger partial charge in [0.15, 0.2) is 0 Å². The molecule has 2 N–H and O–H groups in total. The van der Waals surface area contributed by atoms with E-state index in [1.807, 2.05) is 13.8 Å². The van der Waals surface area contributed by atoms with Crippen molar-refractivity contribution >= 4 is 33.2 Å². The number of carbonyl (C=O) groups is 1. The Morgan fingerprint density at radius 3 is 2.35 bits per heavy atom. The van der Waals surface area contributed by atoms with Crippen molar-refractivity contribution in [3.8, 4) is 5.75 Å². The third-order valence-corrected chi connectivity index (χ3v) is 5.19. The Hall–Kier alpha value is -2.25. The van der Waals surface area contributed by atoms with Crippen molar-refractivity contribution in [3.05, 3.63) is 53.1 Å². The van der Waals surface area contributed by atoms with Crippen LogP contribution in [0.4, 0.5) is 5.69 Å². The van der Waals surface area contributed by atoms with E-state index in [1.54, 1.807) is 12.1 Å². The zero-order chi connectivity index (χ0) is 19.3. The predicted molar refractivity (Wildman–Crippen MR) is 102 cm³/mol. The monoisotopic (exact) mass is 396 g/mol. The molecule has 6 nitrogen and oxygen atoms in total. The van der Waals surface area contributed by atoms with Gasteiger partial charge < -0.3 is 10.1 Å². The van der Waals surface area contributed by atoms with E-state index in [2.05, 4.69) is 10.0 Å². The summed E-state index contributed by atoms with van der Waals surface area (Å²) in [6, 6.07) is 10.3. The average molecular weight is 397 g/mol. The van der Waals surface area contributed by atoms with Gasteiger partial charge in [0.05, 0.1) is 22.7 Å². The molecule has 0 bridgehead atoms. The van der Waals surface area contributed by atoms with Gasteiger partial charge in [-0.1, -0.05) is 25.4 Å². The van der Waals surface area contributed by atoms with Gasteiger partial charge in [-0.2, -0.15) is 0 Å². The molecule has 26 heavy (non-hydrogen) atoms. The normalized spacial score (nSPS) is 11.3. The molecule has 2 aromatic carbocycles. The second kappa shape index (κ2) is 8.42. The molecule has 8 heteroatoms. The molecular weight excluding hydrogens is 376 g/mol. The molecule has 0 aliphatic rings. The van der Waals surface area contributed by atoms with E-state index in [0.29, 0.717) is 34.5 Å². The minimum Gasteiger partial charge on any atom is -0.495 e. The molecule has 0 heterocycles. The van der Waals surface area contributed by atoms with Crippen LogP contribution in [0, 0.1) is 5.92 Å². The molecule has 0 saturated heterocycles. The quantitative estimate of drug-likeness (QED) is 0.749. The molecular formula is C18H21ClN2O4S. The van der Waals surface area contributed by atoms with Crippen molar-refractivity contribution in [2.75, 3.05) is 18.4 Å². The zero-order valence-electron chi connectivity index (χ0n) is 14.7. The topological polar surface area (TPSA) is 84.5 Å². The number of hydrogen-bond acceptors (Lipinski definition) is 4. The minimum atomic E-state index is -3.80. The highest BCUT2D eigenvalue weighted by Gasteiger charge is 2.16. The average Bonchev–Trinajstić information content (AvgIpc) is 2.59. The fourth-order valence-corrected chi connectivity index (χ4v) is 3.44. The number of benzene rings is 2. The van der Waals surface area contributed by atoms with Gasteiger partial charge in [-0.3, -0.25) is 9.52 Å². The molecule has 0 aromatic heterocycles. The number of nitrogens with one attached hydrogen (secondary N) is 2. The maximum atomic E-state index is 12.5. The Morgan fingerprint density at radius 2 is 1.81 bits per heavy atom. The van der Waals surface area contributed by atoms with Crippen LogP contribution in [0.25, 0.3) is 0 Å². The Morgan fingerprint density at radius 1 is 1.15 bits per heavy atom.